The molecule has 2 amide bonds. The number of nitrogens with zero attached hydrogens (tertiary/aromatic N) is 1. The molecular formula is C15H14Cl2F2N2O3. The summed E-state index contributed by atoms with van der Waals surface area (Å²) in [6.45, 7) is -0.323. The Morgan fingerprint density at radius 3 is 2.62 bits per heavy atom. The Balaban J connectivity index is 2.44. The molecule has 0 aliphatic heterocycles. The summed E-state index contributed by atoms with van der Waals surface area (Å²) in [7, 11) is 0. The van der Waals surface area contributed by atoms with E-state index in [9.17, 15) is 23.6 Å². The van der Waals surface area contributed by atoms with Gasteiger partial charge < -0.3 is 5.32 Å². The molecule has 1 aromatic rings. The Morgan fingerprint density at radius 2 is 2.00 bits per heavy atom. The van der Waals surface area contributed by atoms with Gasteiger partial charge in [-0.15, -0.1) is 0 Å². The van der Waals surface area contributed by atoms with Crippen LogP contribution < -0.4 is 5.32 Å². The molecule has 0 saturated heterocycles. The third-order valence-corrected chi connectivity index (χ3v) is 3.20. The quantitative estimate of drug-likeness (QED) is 0.435. The first-order valence-electron chi connectivity index (χ1n) is 6.67. The monoisotopic (exact) mass is 378 g/mol. The van der Waals surface area contributed by atoms with Gasteiger partial charge in [0.1, 0.15) is 0 Å². The summed E-state index contributed by atoms with van der Waals surface area (Å²) in [5.41, 5.74) is 0.535. The highest BCUT2D eigenvalue weighted by Crippen LogP contribution is 2.21. The number of alkyl halides is 2. The van der Waals surface area contributed by atoms with E-state index in [0.29, 0.717) is 32.8 Å². The van der Waals surface area contributed by atoms with E-state index in [0.717, 1.165) is 6.08 Å². The lowest BCUT2D eigenvalue weighted by molar-refractivity contribution is -0.159. The van der Waals surface area contributed by atoms with Gasteiger partial charge in [0.15, 0.2) is 0 Å². The number of rotatable bonds is 7. The number of hydrogen-bond acceptors (Lipinski definition) is 3. The lowest BCUT2D eigenvalue weighted by Crippen LogP contribution is -2.35. The molecule has 0 saturated carbocycles. The van der Waals surface area contributed by atoms with Gasteiger partial charge in [-0.3, -0.25) is 14.8 Å². The van der Waals surface area contributed by atoms with Gasteiger partial charge in [-0.2, -0.15) is 0 Å². The average Bonchev–Trinajstić information content (AvgIpc) is 2.51. The molecule has 2 N–H and O–H groups in total. The van der Waals surface area contributed by atoms with E-state index >= 15 is 0 Å². The third-order valence-electron chi connectivity index (χ3n) is 2.64. The predicted molar refractivity (Wildman–Crippen MR) is 87.1 cm³/mol. The first-order chi connectivity index (χ1) is 11.3. The zero-order valence-electron chi connectivity index (χ0n) is 12.3. The fourth-order valence-corrected chi connectivity index (χ4v) is 1.97. The third kappa shape index (κ3) is 7.54. The van der Waals surface area contributed by atoms with Crippen molar-refractivity contribution >= 4 is 41.1 Å². The molecular weight excluding hydrogens is 365 g/mol. The van der Waals surface area contributed by atoms with Gasteiger partial charge in [0.05, 0.1) is 6.54 Å². The van der Waals surface area contributed by atoms with Crippen molar-refractivity contribution in [2.75, 3.05) is 13.1 Å². The van der Waals surface area contributed by atoms with Crippen molar-refractivity contribution in [2.45, 2.75) is 6.43 Å². The molecule has 0 unspecified atom stereocenters. The summed E-state index contributed by atoms with van der Waals surface area (Å²) < 4.78 is 23.7. The van der Waals surface area contributed by atoms with E-state index < -0.39 is 18.2 Å². The Bertz CT molecular complexity index is 652. The van der Waals surface area contributed by atoms with Gasteiger partial charge in [0.2, 0.25) is 5.91 Å². The smallest absolute Gasteiger partial charge is 0.270 e. The van der Waals surface area contributed by atoms with Gasteiger partial charge in [0, 0.05) is 28.7 Å². The molecule has 0 aliphatic carbocycles. The summed E-state index contributed by atoms with van der Waals surface area (Å²) in [6, 6.07) is 4.70. The lowest BCUT2D eigenvalue weighted by atomic mass is 10.2. The Hall–Kier alpha value is -1.96. The molecule has 130 valence electrons. The number of nitrogens with one attached hydrogen (secondary N) is 1. The van der Waals surface area contributed by atoms with E-state index in [-0.39, 0.29) is 13.1 Å². The van der Waals surface area contributed by atoms with Crippen LogP contribution in [0.2, 0.25) is 10.0 Å². The molecule has 9 heteroatoms. The van der Waals surface area contributed by atoms with Crippen molar-refractivity contribution in [1.82, 2.24) is 10.4 Å². The largest absolute Gasteiger partial charge is 0.351 e. The van der Waals surface area contributed by atoms with E-state index in [1.807, 2.05) is 0 Å². The number of benzene rings is 1. The van der Waals surface area contributed by atoms with Crippen LogP contribution in [-0.2, 0) is 9.59 Å². The molecule has 0 fully saturated rings. The molecule has 24 heavy (non-hydrogen) atoms. The van der Waals surface area contributed by atoms with Crippen LogP contribution in [-0.4, -0.2) is 41.6 Å². The number of halogens is 4. The fraction of sp³-hybridized carbons (Fsp3) is 0.200. The van der Waals surface area contributed by atoms with Crippen LogP contribution in [0.1, 0.15) is 5.56 Å². The number of hydroxylamine groups is 2. The highest BCUT2D eigenvalue weighted by atomic mass is 35.5. The van der Waals surface area contributed by atoms with Gasteiger partial charge in [0.25, 0.3) is 12.3 Å². The summed E-state index contributed by atoms with van der Waals surface area (Å²) in [6.07, 6.45) is 0.866. The van der Waals surface area contributed by atoms with Crippen molar-refractivity contribution in [3.63, 3.8) is 0 Å². The topological polar surface area (TPSA) is 69.6 Å². The molecule has 0 spiro atoms. The standard InChI is InChI=1S/C15H14Cl2F2N2O3/c16-11-3-1-10(12(17)9-11)2-6-15(23)21(24)8-7-20-14(22)5-4-13(18)19/h1-6,9,13,24H,7-8H2,(H,20,22)/b5-4+,6-2+. The van der Waals surface area contributed by atoms with Crippen molar-refractivity contribution in [3.8, 4) is 0 Å². The second-order valence-corrected chi connectivity index (χ2v) is 5.29. The van der Waals surface area contributed by atoms with Crippen LogP contribution in [0.4, 0.5) is 8.78 Å². The summed E-state index contributed by atoms with van der Waals surface area (Å²) in [4.78, 5) is 22.8. The lowest BCUT2D eigenvalue weighted by Gasteiger charge is -2.12. The van der Waals surface area contributed by atoms with Gasteiger partial charge in [-0.05, 0) is 29.8 Å². The minimum absolute atomic E-state index is 0.107. The Morgan fingerprint density at radius 1 is 1.29 bits per heavy atom. The van der Waals surface area contributed by atoms with Crippen LogP contribution in [0.25, 0.3) is 6.08 Å². The number of amides is 2. The maximum atomic E-state index is 11.8. The van der Waals surface area contributed by atoms with Gasteiger partial charge >= 0.3 is 0 Å². The van der Waals surface area contributed by atoms with Crippen molar-refractivity contribution in [1.29, 1.82) is 0 Å². The van der Waals surface area contributed by atoms with Crippen LogP contribution >= 0.6 is 23.2 Å². The first-order valence-corrected chi connectivity index (χ1v) is 7.43. The van der Waals surface area contributed by atoms with E-state index in [1.54, 1.807) is 12.1 Å². The number of carbonyl (C=O) groups excluding carboxylic acids is 2. The minimum Gasteiger partial charge on any atom is -0.351 e. The van der Waals surface area contributed by atoms with Crippen molar-refractivity contribution in [3.05, 3.63) is 52.0 Å². The molecule has 0 bridgehead atoms. The molecule has 0 aliphatic rings. The zero-order valence-corrected chi connectivity index (χ0v) is 13.8. The molecule has 0 aromatic heterocycles. The maximum Gasteiger partial charge on any atom is 0.270 e. The van der Waals surface area contributed by atoms with E-state index in [1.165, 1.54) is 12.1 Å². The fourth-order valence-electron chi connectivity index (χ4n) is 1.50. The molecule has 0 heterocycles. The SMILES string of the molecule is O=C(/C=C/C(F)F)NCCN(O)C(=O)/C=C/c1ccc(Cl)cc1Cl. The molecule has 1 aromatic carbocycles. The van der Waals surface area contributed by atoms with Gasteiger partial charge in [-0.1, -0.05) is 29.3 Å². The molecule has 1 rings (SSSR count). The minimum atomic E-state index is -2.73. The van der Waals surface area contributed by atoms with Crippen LogP contribution in [0.5, 0.6) is 0 Å². The summed E-state index contributed by atoms with van der Waals surface area (Å²) in [5, 5.41) is 12.9. The Kier molecular flexibility index (Phi) is 8.39. The van der Waals surface area contributed by atoms with Crippen LogP contribution in [0.3, 0.4) is 0 Å². The highest BCUT2D eigenvalue weighted by Gasteiger charge is 2.08. The number of carbonyl (C=O) groups is 2. The number of allylic oxidation sites excluding steroid dienone is 1. The predicted octanol–water partition coefficient (Wildman–Crippen LogP) is 3.16. The van der Waals surface area contributed by atoms with Gasteiger partial charge in [-0.25, -0.2) is 13.8 Å². The number of hydrogen-bond donors (Lipinski definition) is 2. The van der Waals surface area contributed by atoms with Crippen LogP contribution in [0.15, 0.2) is 36.4 Å². The van der Waals surface area contributed by atoms with Crippen LogP contribution in [0, 0.1) is 0 Å². The summed E-state index contributed by atoms with van der Waals surface area (Å²) in [5.74, 6) is -1.49. The first kappa shape index (κ1) is 20.1. The zero-order chi connectivity index (χ0) is 18.1. The molecule has 0 radical (unpaired) electrons. The van der Waals surface area contributed by atoms with E-state index in [2.05, 4.69) is 5.32 Å². The summed E-state index contributed by atoms with van der Waals surface area (Å²) >= 11 is 11.7. The van der Waals surface area contributed by atoms with E-state index in [4.69, 9.17) is 23.2 Å². The normalized spacial score (nSPS) is 11.4. The van der Waals surface area contributed by atoms with Crippen molar-refractivity contribution < 1.29 is 23.6 Å². The highest BCUT2D eigenvalue weighted by molar-refractivity contribution is 6.35. The second-order valence-electron chi connectivity index (χ2n) is 4.45. The average molecular weight is 379 g/mol. The Labute approximate surface area is 147 Å². The maximum absolute atomic E-state index is 11.8. The molecule has 0 atom stereocenters. The second kappa shape index (κ2) is 10.0. The molecule has 5 nitrogen and oxygen atoms in total. The van der Waals surface area contributed by atoms with Crippen molar-refractivity contribution in [2.24, 2.45) is 0 Å².